The van der Waals surface area contributed by atoms with Gasteiger partial charge in [0, 0.05) is 13.1 Å². The van der Waals surface area contributed by atoms with Crippen LogP contribution in [0.15, 0.2) is 29.2 Å². The van der Waals surface area contributed by atoms with Crippen LogP contribution in [0.3, 0.4) is 0 Å². The van der Waals surface area contributed by atoms with Crippen LogP contribution in [-0.4, -0.2) is 43.9 Å². The maximum absolute atomic E-state index is 12.9. The monoisotopic (exact) mass is 371 g/mol. The van der Waals surface area contributed by atoms with E-state index in [0.29, 0.717) is 19.5 Å². The number of hydrogen-bond acceptors (Lipinski definition) is 4. The largest absolute Gasteiger partial charge is 0.444 e. The Bertz CT molecular complexity index is 687. The van der Waals surface area contributed by atoms with E-state index in [1.165, 1.54) is 12.1 Å². The second-order valence-corrected chi connectivity index (χ2v) is 9.58. The molecular formula is C18H26FNO4S. The highest BCUT2D eigenvalue weighted by Gasteiger charge is 2.27. The van der Waals surface area contributed by atoms with Crippen LogP contribution in [0.25, 0.3) is 0 Å². The van der Waals surface area contributed by atoms with E-state index >= 15 is 0 Å². The molecule has 1 saturated heterocycles. The molecule has 0 atom stereocenters. The number of likely N-dealkylation sites (tertiary alicyclic amines) is 1. The van der Waals surface area contributed by atoms with Crippen molar-refractivity contribution in [1.29, 1.82) is 0 Å². The number of halogens is 1. The minimum absolute atomic E-state index is 0.0374. The predicted molar refractivity (Wildman–Crippen MR) is 93.6 cm³/mol. The van der Waals surface area contributed by atoms with Crippen LogP contribution in [0.5, 0.6) is 0 Å². The van der Waals surface area contributed by atoms with Gasteiger partial charge in [0.2, 0.25) is 0 Å². The van der Waals surface area contributed by atoms with Crippen molar-refractivity contribution in [2.75, 3.05) is 18.8 Å². The van der Waals surface area contributed by atoms with Crippen molar-refractivity contribution in [3.63, 3.8) is 0 Å². The molecule has 1 aromatic carbocycles. The summed E-state index contributed by atoms with van der Waals surface area (Å²) in [5.74, 6) is -0.155. The van der Waals surface area contributed by atoms with Gasteiger partial charge in [-0.3, -0.25) is 0 Å². The Morgan fingerprint density at radius 2 is 1.76 bits per heavy atom. The second kappa shape index (κ2) is 7.72. The second-order valence-electron chi connectivity index (χ2n) is 7.47. The number of piperidine rings is 1. The third-order valence-electron chi connectivity index (χ3n) is 4.23. The lowest BCUT2D eigenvalue weighted by molar-refractivity contribution is 0.0183. The number of carbonyl (C=O) groups excluding carboxylic acids is 1. The van der Waals surface area contributed by atoms with E-state index in [2.05, 4.69) is 0 Å². The van der Waals surface area contributed by atoms with E-state index in [-0.39, 0.29) is 22.7 Å². The molecule has 0 unspecified atom stereocenters. The number of rotatable bonds is 4. The van der Waals surface area contributed by atoms with Gasteiger partial charge in [0.1, 0.15) is 11.4 Å². The summed E-state index contributed by atoms with van der Waals surface area (Å²) < 4.78 is 42.9. The Balaban J connectivity index is 1.82. The predicted octanol–water partition coefficient (Wildman–Crippen LogP) is 3.64. The summed E-state index contributed by atoms with van der Waals surface area (Å²) in [5, 5.41) is 0. The van der Waals surface area contributed by atoms with Crippen LogP contribution in [0, 0.1) is 11.7 Å². The van der Waals surface area contributed by atoms with Crippen molar-refractivity contribution in [2.45, 2.75) is 50.5 Å². The summed E-state index contributed by atoms with van der Waals surface area (Å²) in [4.78, 5) is 13.9. The molecule has 1 fully saturated rings. The topological polar surface area (TPSA) is 63.7 Å². The van der Waals surface area contributed by atoms with Gasteiger partial charge in [0.25, 0.3) is 0 Å². The van der Waals surface area contributed by atoms with Crippen molar-refractivity contribution in [2.24, 2.45) is 5.92 Å². The van der Waals surface area contributed by atoms with E-state index in [9.17, 15) is 17.6 Å². The summed E-state index contributed by atoms with van der Waals surface area (Å²) in [7, 11) is -3.40. The summed E-state index contributed by atoms with van der Waals surface area (Å²) in [6.07, 6.45) is 1.75. The molecule has 0 spiro atoms. The Morgan fingerprint density at radius 3 is 2.28 bits per heavy atom. The quantitative estimate of drug-likeness (QED) is 0.758. The minimum atomic E-state index is -3.40. The first-order chi connectivity index (χ1) is 11.6. The fourth-order valence-electron chi connectivity index (χ4n) is 2.81. The van der Waals surface area contributed by atoms with E-state index in [4.69, 9.17) is 4.74 Å². The standard InChI is InChI=1S/C18H26FNO4S/c1-18(2,3)24-17(21)20-11-8-14(9-12-20)10-13-25(22,23)16-6-4-15(19)5-7-16/h4-7,14H,8-13H2,1-3H3. The molecule has 0 N–H and O–H groups in total. The molecule has 7 heteroatoms. The average molecular weight is 371 g/mol. The molecule has 5 nitrogen and oxygen atoms in total. The minimum Gasteiger partial charge on any atom is -0.444 e. The molecule has 1 heterocycles. The van der Waals surface area contributed by atoms with Crippen molar-refractivity contribution < 1.29 is 22.3 Å². The fourth-order valence-corrected chi connectivity index (χ4v) is 4.24. The number of hydrogen-bond donors (Lipinski definition) is 0. The molecule has 0 bridgehead atoms. The zero-order valence-corrected chi connectivity index (χ0v) is 15.8. The van der Waals surface area contributed by atoms with Crippen molar-refractivity contribution >= 4 is 15.9 Å². The Kier molecular flexibility index (Phi) is 6.08. The van der Waals surface area contributed by atoms with Gasteiger partial charge in [-0.25, -0.2) is 17.6 Å². The highest BCUT2D eigenvalue weighted by molar-refractivity contribution is 7.91. The molecule has 1 aliphatic heterocycles. The molecule has 0 aliphatic carbocycles. The maximum atomic E-state index is 12.9. The molecule has 1 aliphatic rings. The van der Waals surface area contributed by atoms with E-state index < -0.39 is 21.3 Å². The van der Waals surface area contributed by atoms with Gasteiger partial charge >= 0.3 is 6.09 Å². The Labute approximate surface area is 149 Å². The third-order valence-corrected chi connectivity index (χ3v) is 6.00. The van der Waals surface area contributed by atoms with Crippen molar-refractivity contribution in [3.8, 4) is 0 Å². The number of carbonyl (C=O) groups is 1. The van der Waals surface area contributed by atoms with Crippen molar-refractivity contribution in [3.05, 3.63) is 30.1 Å². The first-order valence-electron chi connectivity index (χ1n) is 8.53. The number of ether oxygens (including phenoxy) is 1. The molecule has 25 heavy (non-hydrogen) atoms. The highest BCUT2D eigenvalue weighted by atomic mass is 32.2. The molecule has 2 rings (SSSR count). The van der Waals surface area contributed by atoms with Crippen LogP contribution in [0.4, 0.5) is 9.18 Å². The molecule has 0 radical (unpaired) electrons. The average Bonchev–Trinajstić information content (AvgIpc) is 2.52. The first kappa shape index (κ1) is 19.7. The van der Waals surface area contributed by atoms with E-state index in [0.717, 1.165) is 25.0 Å². The number of amides is 1. The lowest BCUT2D eigenvalue weighted by Gasteiger charge is -2.33. The number of sulfone groups is 1. The van der Waals surface area contributed by atoms with Gasteiger partial charge in [0.05, 0.1) is 10.6 Å². The van der Waals surface area contributed by atoms with Crippen LogP contribution in [-0.2, 0) is 14.6 Å². The van der Waals surface area contributed by atoms with Crippen molar-refractivity contribution in [1.82, 2.24) is 4.90 Å². The number of benzene rings is 1. The summed E-state index contributed by atoms with van der Waals surface area (Å²) in [5.41, 5.74) is -0.517. The van der Waals surface area contributed by atoms with Gasteiger partial charge in [-0.05, 0) is 70.2 Å². The number of nitrogens with zero attached hydrogens (tertiary/aromatic N) is 1. The lowest BCUT2D eigenvalue weighted by atomic mass is 9.95. The molecule has 0 saturated carbocycles. The zero-order valence-electron chi connectivity index (χ0n) is 15.0. The summed E-state index contributed by atoms with van der Waals surface area (Å²) in [6.45, 7) is 6.65. The smallest absolute Gasteiger partial charge is 0.410 e. The van der Waals surface area contributed by atoms with E-state index in [1.807, 2.05) is 20.8 Å². The highest BCUT2D eigenvalue weighted by Crippen LogP contribution is 2.24. The normalized spacial score (nSPS) is 16.7. The summed E-state index contributed by atoms with van der Waals surface area (Å²) in [6, 6.07) is 4.92. The van der Waals surface area contributed by atoms with Gasteiger partial charge in [-0.2, -0.15) is 0 Å². The van der Waals surface area contributed by atoms with Gasteiger partial charge < -0.3 is 9.64 Å². The van der Waals surface area contributed by atoms with Crippen LogP contribution < -0.4 is 0 Å². The SMILES string of the molecule is CC(C)(C)OC(=O)N1CCC(CCS(=O)(=O)c2ccc(F)cc2)CC1. The van der Waals surface area contributed by atoms with Gasteiger partial charge in [0.15, 0.2) is 9.84 Å². The summed E-state index contributed by atoms with van der Waals surface area (Å²) >= 11 is 0. The maximum Gasteiger partial charge on any atom is 0.410 e. The Hall–Kier alpha value is -1.63. The van der Waals surface area contributed by atoms with Gasteiger partial charge in [-0.15, -0.1) is 0 Å². The molecule has 1 aromatic rings. The van der Waals surface area contributed by atoms with Crippen LogP contribution >= 0.6 is 0 Å². The first-order valence-corrected chi connectivity index (χ1v) is 10.2. The molecular weight excluding hydrogens is 345 g/mol. The molecule has 140 valence electrons. The fraction of sp³-hybridized carbons (Fsp3) is 0.611. The van der Waals surface area contributed by atoms with Crippen LogP contribution in [0.2, 0.25) is 0 Å². The molecule has 1 amide bonds. The van der Waals surface area contributed by atoms with E-state index in [1.54, 1.807) is 4.90 Å². The Morgan fingerprint density at radius 1 is 1.20 bits per heavy atom. The lowest BCUT2D eigenvalue weighted by Crippen LogP contribution is -2.41. The van der Waals surface area contributed by atoms with Crippen LogP contribution in [0.1, 0.15) is 40.0 Å². The zero-order chi connectivity index (χ0) is 18.7. The van der Waals surface area contributed by atoms with Gasteiger partial charge in [-0.1, -0.05) is 0 Å². The molecule has 0 aromatic heterocycles. The third kappa shape index (κ3) is 5.99.